The SMILES string of the molecule is CO[C@@H](Cc1ccc(C#CCCCOc2ccc(/C(=N\O)c3ccccc3)cc2)cc1)C(=O)O. The van der Waals surface area contributed by atoms with Crippen LogP contribution in [0.4, 0.5) is 0 Å². The standard InChI is InChI=1S/C28H27NO5/c1-33-26(28(30)31)20-22-13-11-21(12-14-22)8-4-3-7-19-34-25-17-15-24(16-18-25)27(29-32)23-9-5-2-6-10-23/h2,5-6,9-18,26,32H,3,7,19-20H2,1H3,(H,30,31)/b29-27-/t26-/m0/s1. The number of aliphatic carboxylic acids is 1. The van der Waals surface area contributed by atoms with E-state index in [0.717, 1.165) is 34.4 Å². The Morgan fingerprint density at radius 3 is 2.26 bits per heavy atom. The third-order valence-electron chi connectivity index (χ3n) is 5.16. The number of ether oxygens (including phenoxy) is 2. The Kier molecular flexibility index (Phi) is 9.27. The molecule has 0 bridgehead atoms. The van der Waals surface area contributed by atoms with Crippen LogP contribution in [-0.4, -0.2) is 41.8 Å². The lowest BCUT2D eigenvalue weighted by atomic mass is 10.0. The average molecular weight is 458 g/mol. The Bertz CT molecular complexity index is 1140. The highest BCUT2D eigenvalue weighted by Gasteiger charge is 2.16. The van der Waals surface area contributed by atoms with Gasteiger partial charge in [-0.1, -0.05) is 59.5 Å². The third kappa shape index (κ3) is 7.22. The Hall–Kier alpha value is -4.08. The number of unbranched alkanes of at least 4 members (excludes halogenated alkanes) is 1. The maximum atomic E-state index is 11.1. The van der Waals surface area contributed by atoms with E-state index < -0.39 is 12.1 Å². The summed E-state index contributed by atoms with van der Waals surface area (Å²) < 4.78 is 10.8. The van der Waals surface area contributed by atoms with Crippen LogP contribution in [0.3, 0.4) is 0 Å². The summed E-state index contributed by atoms with van der Waals surface area (Å²) in [6.07, 6.45) is 0.953. The van der Waals surface area contributed by atoms with E-state index in [4.69, 9.17) is 14.6 Å². The van der Waals surface area contributed by atoms with E-state index in [9.17, 15) is 10.0 Å². The van der Waals surface area contributed by atoms with E-state index in [-0.39, 0.29) is 0 Å². The smallest absolute Gasteiger partial charge is 0.333 e. The van der Waals surface area contributed by atoms with Crippen molar-refractivity contribution in [2.45, 2.75) is 25.4 Å². The maximum absolute atomic E-state index is 11.1. The zero-order chi connectivity index (χ0) is 24.2. The van der Waals surface area contributed by atoms with Crippen LogP contribution in [0.25, 0.3) is 0 Å². The summed E-state index contributed by atoms with van der Waals surface area (Å²) in [6.45, 7) is 0.542. The van der Waals surface area contributed by atoms with Gasteiger partial charge in [-0.3, -0.25) is 0 Å². The molecule has 0 aliphatic carbocycles. The molecule has 3 aromatic carbocycles. The molecule has 3 aromatic rings. The average Bonchev–Trinajstić information content (AvgIpc) is 2.87. The minimum absolute atomic E-state index is 0.318. The molecule has 0 heterocycles. The highest BCUT2D eigenvalue weighted by Crippen LogP contribution is 2.16. The molecule has 2 N–H and O–H groups in total. The molecule has 3 rings (SSSR count). The van der Waals surface area contributed by atoms with Gasteiger partial charge < -0.3 is 19.8 Å². The van der Waals surface area contributed by atoms with Gasteiger partial charge in [-0.15, -0.1) is 0 Å². The lowest BCUT2D eigenvalue weighted by Crippen LogP contribution is -2.24. The van der Waals surface area contributed by atoms with Crippen LogP contribution in [-0.2, 0) is 16.0 Å². The second-order valence-corrected chi connectivity index (χ2v) is 7.56. The lowest BCUT2D eigenvalue weighted by molar-refractivity contribution is -0.148. The second-order valence-electron chi connectivity index (χ2n) is 7.56. The van der Waals surface area contributed by atoms with Crippen molar-refractivity contribution in [3.63, 3.8) is 0 Å². The predicted molar refractivity (Wildman–Crippen MR) is 130 cm³/mol. The van der Waals surface area contributed by atoms with Crippen LogP contribution in [0.5, 0.6) is 5.75 Å². The fraction of sp³-hybridized carbons (Fsp3) is 0.214. The summed E-state index contributed by atoms with van der Waals surface area (Å²) in [5.74, 6) is 6.02. The fourth-order valence-corrected chi connectivity index (χ4v) is 3.31. The van der Waals surface area contributed by atoms with Crippen molar-refractivity contribution in [3.8, 4) is 17.6 Å². The molecule has 174 valence electrons. The summed E-state index contributed by atoms with van der Waals surface area (Å²) in [4.78, 5) is 11.1. The topological polar surface area (TPSA) is 88.4 Å². The second kappa shape index (κ2) is 12.8. The zero-order valence-electron chi connectivity index (χ0n) is 19.0. The summed E-state index contributed by atoms with van der Waals surface area (Å²) in [6, 6.07) is 24.5. The van der Waals surface area contributed by atoms with Gasteiger partial charge in [-0.25, -0.2) is 4.79 Å². The number of carboxylic acid groups (broad SMARTS) is 1. The number of carboxylic acids is 1. The molecule has 0 aliphatic rings. The van der Waals surface area contributed by atoms with Crippen molar-refractivity contribution in [1.82, 2.24) is 0 Å². The third-order valence-corrected chi connectivity index (χ3v) is 5.16. The van der Waals surface area contributed by atoms with Gasteiger partial charge in [0, 0.05) is 36.6 Å². The molecule has 0 aromatic heterocycles. The molecule has 0 spiro atoms. The van der Waals surface area contributed by atoms with E-state index in [2.05, 4.69) is 17.0 Å². The number of benzene rings is 3. The van der Waals surface area contributed by atoms with Crippen molar-refractivity contribution in [3.05, 3.63) is 101 Å². The van der Waals surface area contributed by atoms with Crippen LogP contribution in [0.15, 0.2) is 84.0 Å². The molecule has 34 heavy (non-hydrogen) atoms. The Morgan fingerprint density at radius 1 is 0.971 bits per heavy atom. The van der Waals surface area contributed by atoms with Gasteiger partial charge in [-0.05, 0) is 48.4 Å². The van der Waals surface area contributed by atoms with E-state index >= 15 is 0 Å². The first-order valence-corrected chi connectivity index (χ1v) is 10.9. The van der Waals surface area contributed by atoms with Crippen molar-refractivity contribution in [2.24, 2.45) is 5.16 Å². The number of rotatable bonds is 10. The molecular weight excluding hydrogens is 430 g/mol. The number of methoxy groups -OCH3 is 1. The van der Waals surface area contributed by atoms with Crippen molar-refractivity contribution in [2.75, 3.05) is 13.7 Å². The van der Waals surface area contributed by atoms with Gasteiger partial charge in [0.1, 0.15) is 11.5 Å². The van der Waals surface area contributed by atoms with Crippen LogP contribution in [0, 0.1) is 11.8 Å². The molecule has 0 aliphatic heterocycles. The van der Waals surface area contributed by atoms with Crippen molar-refractivity contribution in [1.29, 1.82) is 0 Å². The zero-order valence-corrected chi connectivity index (χ0v) is 19.0. The molecule has 0 unspecified atom stereocenters. The predicted octanol–water partition coefficient (Wildman–Crippen LogP) is 4.77. The van der Waals surface area contributed by atoms with Gasteiger partial charge >= 0.3 is 5.97 Å². The minimum Gasteiger partial charge on any atom is -0.494 e. The summed E-state index contributed by atoms with van der Waals surface area (Å²) in [5, 5.41) is 21.9. The normalized spacial score (nSPS) is 11.9. The monoisotopic (exact) mass is 457 g/mol. The molecule has 6 heteroatoms. The minimum atomic E-state index is -0.972. The summed E-state index contributed by atoms with van der Waals surface area (Å²) >= 11 is 0. The first-order chi connectivity index (χ1) is 16.6. The molecule has 0 saturated heterocycles. The largest absolute Gasteiger partial charge is 0.494 e. The first-order valence-electron chi connectivity index (χ1n) is 10.9. The number of carbonyl (C=O) groups is 1. The highest BCUT2D eigenvalue weighted by molar-refractivity contribution is 6.12. The first kappa shape index (κ1) is 24.6. The van der Waals surface area contributed by atoms with Gasteiger partial charge in [0.25, 0.3) is 0 Å². The quantitative estimate of drug-likeness (QED) is 0.151. The van der Waals surface area contributed by atoms with Crippen molar-refractivity contribution < 1.29 is 24.6 Å². The van der Waals surface area contributed by atoms with E-state index in [0.29, 0.717) is 25.2 Å². The van der Waals surface area contributed by atoms with Crippen LogP contribution in [0.1, 0.15) is 35.1 Å². The summed E-state index contributed by atoms with van der Waals surface area (Å²) in [7, 11) is 1.39. The van der Waals surface area contributed by atoms with E-state index in [1.165, 1.54) is 7.11 Å². The molecule has 0 radical (unpaired) electrons. The van der Waals surface area contributed by atoms with Gasteiger partial charge in [0.2, 0.25) is 0 Å². The fourth-order valence-electron chi connectivity index (χ4n) is 3.31. The number of oxime groups is 1. The molecular formula is C28H27NO5. The van der Waals surface area contributed by atoms with Gasteiger partial charge in [0.15, 0.2) is 6.10 Å². The Morgan fingerprint density at radius 2 is 1.65 bits per heavy atom. The van der Waals surface area contributed by atoms with Gasteiger partial charge in [-0.2, -0.15) is 0 Å². The molecule has 0 amide bonds. The lowest BCUT2D eigenvalue weighted by Gasteiger charge is -2.10. The Labute approximate surface area is 199 Å². The molecule has 1 atom stereocenters. The van der Waals surface area contributed by atoms with Crippen molar-refractivity contribution >= 4 is 11.7 Å². The number of hydrogen-bond donors (Lipinski definition) is 2. The van der Waals surface area contributed by atoms with Crippen LogP contribution >= 0.6 is 0 Å². The van der Waals surface area contributed by atoms with Crippen LogP contribution < -0.4 is 4.74 Å². The number of nitrogens with zero attached hydrogens (tertiary/aromatic N) is 1. The summed E-state index contributed by atoms with van der Waals surface area (Å²) in [5.41, 5.74) is 3.92. The highest BCUT2D eigenvalue weighted by atomic mass is 16.5. The Balaban J connectivity index is 1.43. The number of hydrogen-bond acceptors (Lipinski definition) is 5. The molecule has 0 fully saturated rings. The maximum Gasteiger partial charge on any atom is 0.333 e. The molecule has 6 nitrogen and oxygen atoms in total. The molecule has 0 saturated carbocycles. The van der Waals surface area contributed by atoms with Gasteiger partial charge in [0.05, 0.1) is 6.61 Å². The van der Waals surface area contributed by atoms with E-state index in [1.54, 1.807) is 0 Å². The van der Waals surface area contributed by atoms with Crippen LogP contribution in [0.2, 0.25) is 0 Å². The van der Waals surface area contributed by atoms with E-state index in [1.807, 2.05) is 78.9 Å².